The van der Waals surface area contributed by atoms with Crippen molar-refractivity contribution in [2.24, 2.45) is 17.8 Å². The Bertz CT molecular complexity index is 336. The first-order valence-electron chi connectivity index (χ1n) is 5.91. The Hall–Kier alpha value is -1.77. The molecule has 0 aromatic heterocycles. The number of hydrogen-bond acceptors (Lipinski definition) is 3. The van der Waals surface area contributed by atoms with Gasteiger partial charge in [0.2, 0.25) is 0 Å². The largest absolute Gasteiger partial charge is 0.481 e. The highest BCUT2D eigenvalue weighted by Crippen LogP contribution is 2.09. The molecule has 0 spiro atoms. The van der Waals surface area contributed by atoms with E-state index in [0.717, 1.165) is 0 Å². The van der Waals surface area contributed by atoms with Gasteiger partial charge >= 0.3 is 12.0 Å². The molecule has 0 aliphatic rings. The lowest BCUT2D eigenvalue weighted by atomic mass is 9.96. The summed E-state index contributed by atoms with van der Waals surface area (Å²) >= 11 is 0. The lowest BCUT2D eigenvalue weighted by Gasteiger charge is -2.22. The summed E-state index contributed by atoms with van der Waals surface area (Å²) in [5.74, 6) is -1.82. The second-order valence-corrected chi connectivity index (χ2v) is 4.79. The zero-order chi connectivity index (χ0) is 14.3. The summed E-state index contributed by atoms with van der Waals surface area (Å²) in [6, 6.07) is 1.68. The number of nitriles is 1. The number of carboxylic acid groups (broad SMARTS) is 1. The van der Waals surface area contributed by atoms with E-state index in [1.807, 2.05) is 6.07 Å². The average Bonchev–Trinajstić information content (AvgIpc) is 2.27. The smallest absolute Gasteiger partial charge is 0.317 e. The molecule has 2 amide bonds. The van der Waals surface area contributed by atoms with Crippen LogP contribution in [0.25, 0.3) is 0 Å². The van der Waals surface area contributed by atoms with E-state index < -0.39 is 11.9 Å². The standard InChI is InChI=1S/C12H21N3O3/c1-8(2)10(11(16)17)6-14-12(18)15(4)7-9(3)5-13/h8-10H,6-7H2,1-4H3,(H,14,18)(H,16,17). The van der Waals surface area contributed by atoms with Crippen molar-refractivity contribution in [2.75, 3.05) is 20.1 Å². The van der Waals surface area contributed by atoms with Crippen LogP contribution in [0.2, 0.25) is 0 Å². The fraction of sp³-hybridized carbons (Fsp3) is 0.750. The quantitative estimate of drug-likeness (QED) is 0.744. The Morgan fingerprint density at radius 1 is 1.39 bits per heavy atom. The van der Waals surface area contributed by atoms with Gasteiger partial charge in [-0.3, -0.25) is 4.79 Å². The first kappa shape index (κ1) is 16.2. The molecule has 0 bridgehead atoms. The first-order chi connectivity index (χ1) is 8.29. The van der Waals surface area contributed by atoms with Crippen LogP contribution >= 0.6 is 0 Å². The van der Waals surface area contributed by atoms with Gasteiger partial charge in [0, 0.05) is 20.1 Å². The van der Waals surface area contributed by atoms with Crippen LogP contribution in [0, 0.1) is 29.1 Å². The Labute approximate surface area is 108 Å². The lowest BCUT2D eigenvalue weighted by molar-refractivity contribution is -0.142. The van der Waals surface area contributed by atoms with Crippen LogP contribution in [-0.2, 0) is 4.79 Å². The van der Waals surface area contributed by atoms with Crippen molar-refractivity contribution in [3.63, 3.8) is 0 Å². The number of carbonyl (C=O) groups excluding carboxylic acids is 1. The van der Waals surface area contributed by atoms with E-state index in [1.165, 1.54) is 4.90 Å². The maximum absolute atomic E-state index is 11.7. The molecule has 2 unspecified atom stereocenters. The molecule has 0 saturated heterocycles. The molecule has 2 atom stereocenters. The maximum Gasteiger partial charge on any atom is 0.317 e. The Kier molecular flexibility index (Phi) is 6.79. The minimum absolute atomic E-state index is 0.0499. The topological polar surface area (TPSA) is 93.4 Å². The number of nitrogens with zero attached hydrogens (tertiary/aromatic N) is 2. The summed E-state index contributed by atoms with van der Waals surface area (Å²) in [6.07, 6.45) is 0. The molecular weight excluding hydrogens is 234 g/mol. The van der Waals surface area contributed by atoms with Crippen LogP contribution in [-0.4, -0.2) is 42.1 Å². The first-order valence-corrected chi connectivity index (χ1v) is 5.91. The second kappa shape index (κ2) is 7.54. The highest BCUT2D eigenvalue weighted by Gasteiger charge is 2.22. The minimum Gasteiger partial charge on any atom is -0.481 e. The van der Waals surface area contributed by atoms with Crippen molar-refractivity contribution in [1.29, 1.82) is 5.26 Å². The number of urea groups is 1. The molecule has 0 heterocycles. The van der Waals surface area contributed by atoms with Crippen LogP contribution in [0.3, 0.4) is 0 Å². The van der Waals surface area contributed by atoms with Gasteiger partial charge in [0.1, 0.15) is 0 Å². The summed E-state index contributed by atoms with van der Waals surface area (Å²) < 4.78 is 0. The monoisotopic (exact) mass is 255 g/mol. The van der Waals surface area contributed by atoms with Gasteiger partial charge in [0.25, 0.3) is 0 Å². The van der Waals surface area contributed by atoms with E-state index in [1.54, 1.807) is 27.8 Å². The van der Waals surface area contributed by atoms with Crippen LogP contribution in [0.15, 0.2) is 0 Å². The maximum atomic E-state index is 11.7. The summed E-state index contributed by atoms with van der Waals surface area (Å²) in [7, 11) is 1.58. The normalized spacial score (nSPS) is 13.6. The zero-order valence-corrected chi connectivity index (χ0v) is 11.3. The second-order valence-electron chi connectivity index (χ2n) is 4.79. The highest BCUT2D eigenvalue weighted by molar-refractivity contribution is 5.75. The molecule has 0 aliphatic heterocycles. The summed E-state index contributed by atoms with van der Waals surface area (Å²) in [6.45, 7) is 5.73. The molecule has 0 fully saturated rings. The Morgan fingerprint density at radius 2 is 1.94 bits per heavy atom. The van der Waals surface area contributed by atoms with Crippen molar-refractivity contribution >= 4 is 12.0 Å². The fourth-order valence-corrected chi connectivity index (χ4v) is 1.47. The summed E-state index contributed by atoms with van der Waals surface area (Å²) in [4.78, 5) is 24.0. The van der Waals surface area contributed by atoms with Gasteiger partial charge in [0.15, 0.2) is 0 Å². The molecule has 6 nitrogen and oxygen atoms in total. The minimum atomic E-state index is -0.918. The molecule has 0 radical (unpaired) electrons. The number of hydrogen-bond donors (Lipinski definition) is 2. The number of rotatable bonds is 6. The molecule has 18 heavy (non-hydrogen) atoms. The molecular formula is C12H21N3O3. The molecule has 102 valence electrons. The Balaban J connectivity index is 4.24. The predicted molar refractivity (Wildman–Crippen MR) is 66.8 cm³/mol. The van der Waals surface area contributed by atoms with Gasteiger partial charge in [-0.15, -0.1) is 0 Å². The van der Waals surface area contributed by atoms with Crippen LogP contribution in [0.4, 0.5) is 4.79 Å². The summed E-state index contributed by atoms with van der Waals surface area (Å²) in [5, 5.41) is 20.2. The fourth-order valence-electron chi connectivity index (χ4n) is 1.47. The van der Waals surface area contributed by atoms with E-state index in [-0.39, 0.29) is 24.4 Å². The van der Waals surface area contributed by atoms with Crippen LogP contribution < -0.4 is 5.32 Å². The number of carbonyl (C=O) groups is 2. The highest BCUT2D eigenvalue weighted by atomic mass is 16.4. The molecule has 0 saturated carbocycles. The van der Waals surface area contributed by atoms with E-state index in [9.17, 15) is 9.59 Å². The molecule has 0 aliphatic carbocycles. The van der Waals surface area contributed by atoms with E-state index in [4.69, 9.17) is 10.4 Å². The molecule has 6 heteroatoms. The van der Waals surface area contributed by atoms with Gasteiger partial charge in [-0.1, -0.05) is 13.8 Å². The molecule has 2 N–H and O–H groups in total. The van der Waals surface area contributed by atoms with Crippen molar-refractivity contribution in [1.82, 2.24) is 10.2 Å². The zero-order valence-electron chi connectivity index (χ0n) is 11.3. The third kappa shape index (κ3) is 5.53. The predicted octanol–water partition coefficient (Wildman–Crippen LogP) is 1.14. The van der Waals surface area contributed by atoms with Gasteiger partial charge < -0.3 is 15.3 Å². The van der Waals surface area contributed by atoms with Gasteiger partial charge in [0.05, 0.1) is 17.9 Å². The SMILES string of the molecule is CC(C#N)CN(C)C(=O)NCC(C(=O)O)C(C)C. The van der Waals surface area contributed by atoms with E-state index in [2.05, 4.69) is 5.32 Å². The summed E-state index contributed by atoms with van der Waals surface area (Å²) in [5.41, 5.74) is 0. The third-order valence-corrected chi connectivity index (χ3v) is 2.71. The number of nitrogens with one attached hydrogen (secondary N) is 1. The lowest BCUT2D eigenvalue weighted by Crippen LogP contribution is -2.43. The van der Waals surface area contributed by atoms with Crippen molar-refractivity contribution in [3.8, 4) is 6.07 Å². The van der Waals surface area contributed by atoms with E-state index in [0.29, 0.717) is 6.54 Å². The number of aliphatic carboxylic acids is 1. The molecule has 0 aromatic carbocycles. The number of carboxylic acids is 1. The molecule has 0 aromatic rings. The van der Waals surface area contributed by atoms with Crippen LogP contribution in [0.1, 0.15) is 20.8 Å². The van der Waals surface area contributed by atoms with Crippen molar-refractivity contribution < 1.29 is 14.7 Å². The van der Waals surface area contributed by atoms with Gasteiger partial charge in [-0.05, 0) is 12.8 Å². The van der Waals surface area contributed by atoms with Crippen molar-refractivity contribution in [2.45, 2.75) is 20.8 Å². The van der Waals surface area contributed by atoms with Gasteiger partial charge in [-0.2, -0.15) is 5.26 Å². The molecule has 0 rings (SSSR count). The third-order valence-electron chi connectivity index (χ3n) is 2.71. The van der Waals surface area contributed by atoms with E-state index >= 15 is 0 Å². The van der Waals surface area contributed by atoms with Crippen molar-refractivity contribution in [3.05, 3.63) is 0 Å². The van der Waals surface area contributed by atoms with Gasteiger partial charge in [-0.25, -0.2) is 4.79 Å². The number of amides is 2. The average molecular weight is 255 g/mol. The Morgan fingerprint density at radius 3 is 2.33 bits per heavy atom. The van der Waals surface area contributed by atoms with Crippen LogP contribution in [0.5, 0.6) is 0 Å².